The van der Waals surface area contributed by atoms with E-state index >= 15 is 0 Å². The fourth-order valence-corrected chi connectivity index (χ4v) is 10.2. The van der Waals surface area contributed by atoms with Gasteiger partial charge in [-0.15, -0.1) is 0 Å². The molecule has 0 spiro atoms. The monoisotopic (exact) mass is 582 g/mol. The van der Waals surface area contributed by atoms with E-state index < -0.39 is 15.8 Å². The van der Waals surface area contributed by atoms with Crippen LogP contribution in [0.5, 0.6) is 11.5 Å². The van der Waals surface area contributed by atoms with Crippen molar-refractivity contribution >= 4 is 47.7 Å². The van der Waals surface area contributed by atoms with Gasteiger partial charge in [-0.1, -0.05) is 133 Å². The van der Waals surface area contributed by atoms with Crippen molar-refractivity contribution in [2.75, 3.05) is 14.2 Å². The topological polar surface area (TPSA) is 18.5 Å². The molecule has 0 N–H and O–H groups in total. The summed E-state index contributed by atoms with van der Waals surface area (Å²) < 4.78 is 11.6. The molecule has 0 heterocycles. The van der Waals surface area contributed by atoms with Crippen LogP contribution in [0.4, 0.5) is 0 Å². The molecule has 6 rings (SSSR count). The normalized spacial score (nSPS) is 11.0. The molecule has 0 amide bonds. The average Bonchev–Trinajstić information content (AvgIpc) is 3.07. The molecule has 0 aliphatic heterocycles. The van der Waals surface area contributed by atoms with Gasteiger partial charge in [0.25, 0.3) is 0 Å². The predicted octanol–water partition coefficient (Wildman–Crippen LogP) is 6.89. The van der Waals surface area contributed by atoms with Crippen LogP contribution in [0.1, 0.15) is 0 Å². The summed E-state index contributed by atoms with van der Waals surface area (Å²) in [4.78, 5) is 0. The second-order valence-electron chi connectivity index (χ2n) is 9.78. The molecule has 6 aromatic rings. The first-order chi connectivity index (χ1) is 20.8. The summed E-state index contributed by atoms with van der Waals surface area (Å²) in [6.45, 7) is 0. The Morgan fingerprint density at radius 1 is 0.357 bits per heavy atom. The van der Waals surface area contributed by atoms with E-state index in [1.807, 2.05) is 0 Å². The molecule has 0 unspecified atom stereocenters. The smallest absolute Gasteiger partial charge is 0.119 e. The zero-order chi connectivity index (χ0) is 28.7. The Balaban J connectivity index is 1.64. The lowest BCUT2D eigenvalue weighted by Gasteiger charge is -2.27. The van der Waals surface area contributed by atoms with E-state index in [1.54, 1.807) is 14.2 Å². The highest BCUT2D eigenvalue weighted by Gasteiger charge is 2.26. The largest absolute Gasteiger partial charge is 0.497 e. The molecule has 0 aliphatic carbocycles. The van der Waals surface area contributed by atoms with Crippen LogP contribution < -0.4 is 41.3 Å². The fraction of sp³-hybridized carbons (Fsp3) is 0.0526. The van der Waals surface area contributed by atoms with E-state index in [0.717, 1.165) is 11.5 Å². The van der Waals surface area contributed by atoms with Gasteiger partial charge in [0.05, 0.1) is 14.2 Å². The summed E-state index contributed by atoms with van der Waals surface area (Å²) in [5, 5.41) is 7.75. The third-order valence-corrected chi connectivity index (χ3v) is 12.2. The maximum absolute atomic E-state index is 5.81. The van der Waals surface area contributed by atoms with Gasteiger partial charge in [-0.2, -0.15) is 0 Å². The summed E-state index contributed by atoms with van der Waals surface area (Å²) in [6, 6.07) is 56.5. The van der Waals surface area contributed by atoms with Gasteiger partial charge in [0.1, 0.15) is 11.5 Å². The third kappa shape index (κ3) is 5.88. The van der Waals surface area contributed by atoms with Gasteiger partial charge < -0.3 is 9.47 Å². The second-order valence-corrected chi connectivity index (χ2v) is 14.2. The summed E-state index contributed by atoms with van der Waals surface area (Å²) in [7, 11) is 1.75. The van der Waals surface area contributed by atoms with E-state index in [1.165, 1.54) is 43.0 Å². The summed E-state index contributed by atoms with van der Waals surface area (Å²) >= 11 is 0. The number of ether oxygens (including phenoxy) is 2. The van der Waals surface area contributed by atoms with Crippen molar-refractivity contribution in [2.24, 2.45) is 0 Å². The van der Waals surface area contributed by atoms with E-state index in [-0.39, 0.29) is 0 Å². The van der Waals surface area contributed by atoms with Gasteiger partial charge in [0, 0.05) is 0 Å². The van der Waals surface area contributed by atoms with E-state index in [0.29, 0.717) is 0 Å². The van der Waals surface area contributed by atoms with Crippen LogP contribution in [0, 0.1) is 0 Å². The lowest BCUT2D eigenvalue weighted by molar-refractivity contribution is 0.415. The van der Waals surface area contributed by atoms with Gasteiger partial charge in [0.2, 0.25) is 0 Å². The Bertz CT molecular complexity index is 1530. The third-order valence-electron chi connectivity index (χ3n) is 7.24. The molecule has 0 saturated carbocycles. The van der Waals surface area contributed by atoms with Crippen molar-refractivity contribution in [3.8, 4) is 22.6 Å². The fourth-order valence-electron chi connectivity index (χ4n) is 5.27. The highest BCUT2D eigenvalue weighted by molar-refractivity contribution is 7.80. The minimum atomic E-state index is -0.868. The Morgan fingerprint density at radius 2 is 0.643 bits per heavy atom. The number of rotatable bonds is 9. The maximum Gasteiger partial charge on any atom is 0.119 e. The highest BCUT2D eigenvalue weighted by atomic mass is 31.1. The first-order valence-corrected chi connectivity index (χ1v) is 16.6. The molecule has 0 fully saturated rings. The molecule has 0 radical (unpaired) electrons. The maximum atomic E-state index is 5.81. The number of hydrogen-bond donors (Lipinski definition) is 0. The Labute approximate surface area is 251 Å². The van der Waals surface area contributed by atoms with Crippen molar-refractivity contribution in [3.63, 3.8) is 0 Å². The van der Waals surface area contributed by atoms with Crippen LogP contribution in [0.3, 0.4) is 0 Å². The van der Waals surface area contributed by atoms with Crippen molar-refractivity contribution in [3.05, 3.63) is 158 Å². The van der Waals surface area contributed by atoms with Crippen LogP contribution in [0.25, 0.3) is 11.1 Å². The molecule has 42 heavy (non-hydrogen) atoms. The van der Waals surface area contributed by atoms with Crippen molar-refractivity contribution < 1.29 is 9.47 Å². The molecule has 2 nitrogen and oxygen atoms in total. The number of benzene rings is 6. The van der Waals surface area contributed by atoms with Crippen molar-refractivity contribution in [1.82, 2.24) is 0 Å². The van der Waals surface area contributed by atoms with Crippen LogP contribution in [-0.4, -0.2) is 14.2 Å². The summed E-state index contributed by atoms with van der Waals surface area (Å²) in [6.07, 6.45) is 0. The summed E-state index contributed by atoms with van der Waals surface area (Å²) in [5.74, 6) is 1.72. The first-order valence-electron chi connectivity index (χ1n) is 13.9. The van der Waals surface area contributed by atoms with Crippen LogP contribution >= 0.6 is 15.8 Å². The van der Waals surface area contributed by atoms with Gasteiger partial charge in [-0.25, -0.2) is 0 Å². The summed E-state index contributed by atoms with van der Waals surface area (Å²) in [5.41, 5.74) is 2.43. The predicted molar refractivity (Wildman–Crippen MR) is 182 cm³/mol. The van der Waals surface area contributed by atoms with Crippen LogP contribution in [-0.2, 0) is 0 Å². The minimum Gasteiger partial charge on any atom is -0.497 e. The molecular formula is C38H32O2P2. The number of hydrogen-bond acceptors (Lipinski definition) is 2. The molecule has 4 heteroatoms. The molecule has 0 bridgehead atoms. The van der Waals surface area contributed by atoms with Crippen molar-refractivity contribution in [1.29, 1.82) is 0 Å². The standard InChI is InChI=1S/C38H32O2P2/c1-39-29-23-25-35(37(27-29)41(31-15-7-3-8-16-31)32-17-9-4-10-18-32)36-26-24-30(40-2)28-38(36)42(33-19-11-5-12-20-33)34-21-13-6-14-22-34/h3-28H,1-2H3. The quantitative estimate of drug-likeness (QED) is 0.173. The van der Waals surface area contributed by atoms with Crippen LogP contribution in [0.15, 0.2) is 158 Å². The van der Waals surface area contributed by atoms with Gasteiger partial charge in [-0.05, 0) is 83.1 Å². The zero-order valence-electron chi connectivity index (χ0n) is 23.7. The Hall–Kier alpha value is -4.22. The molecule has 0 saturated heterocycles. The average molecular weight is 583 g/mol. The highest BCUT2D eigenvalue weighted by Crippen LogP contribution is 2.42. The molecule has 0 aromatic heterocycles. The van der Waals surface area contributed by atoms with E-state index in [4.69, 9.17) is 9.47 Å². The minimum absolute atomic E-state index is 0.858. The van der Waals surface area contributed by atoms with Crippen molar-refractivity contribution in [2.45, 2.75) is 0 Å². The van der Waals surface area contributed by atoms with Gasteiger partial charge in [0.15, 0.2) is 0 Å². The molecular weight excluding hydrogens is 550 g/mol. The first kappa shape index (κ1) is 27.9. The molecule has 206 valence electrons. The zero-order valence-corrected chi connectivity index (χ0v) is 25.5. The SMILES string of the molecule is COc1ccc(-c2ccc(OC)cc2P(c2ccccc2)c2ccccc2)c(P(c2ccccc2)c2ccccc2)c1. The Morgan fingerprint density at radius 3 is 0.905 bits per heavy atom. The second kappa shape index (κ2) is 13.2. The molecule has 0 aliphatic rings. The lowest BCUT2D eigenvalue weighted by Crippen LogP contribution is -2.26. The lowest BCUT2D eigenvalue weighted by atomic mass is 10.1. The van der Waals surface area contributed by atoms with E-state index in [2.05, 4.69) is 158 Å². The molecule has 6 aromatic carbocycles. The van der Waals surface area contributed by atoms with Crippen LogP contribution in [0.2, 0.25) is 0 Å². The molecule has 0 atom stereocenters. The van der Waals surface area contributed by atoms with E-state index in [9.17, 15) is 0 Å². The Kier molecular flexibility index (Phi) is 8.76. The van der Waals surface area contributed by atoms with Gasteiger partial charge >= 0.3 is 0 Å². The van der Waals surface area contributed by atoms with Gasteiger partial charge in [-0.3, -0.25) is 0 Å². The number of methoxy groups -OCH3 is 2.